The number of nitrogens with zero attached hydrogens (tertiary/aromatic N) is 2. The molecule has 2 rings (SSSR count). The standard InChI is InChI=1S/C25H36N2O/c1-4-6-7-11-18-28-24-16-14-23(15-17-24)25-26-19-22(20-27-25)13-10-8-9-12-21(3)5-2/h4,14-17,19-21H,1,5-13,18H2,2-3H3/t21-/m0/s1. The lowest BCUT2D eigenvalue weighted by Gasteiger charge is -2.08. The highest BCUT2D eigenvalue weighted by molar-refractivity contribution is 5.55. The Labute approximate surface area is 171 Å². The Morgan fingerprint density at radius 1 is 1.00 bits per heavy atom. The Kier molecular flexibility index (Phi) is 10.3. The van der Waals surface area contributed by atoms with Gasteiger partial charge in [-0.15, -0.1) is 6.58 Å². The highest BCUT2D eigenvalue weighted by atomic mass is 16.5. The monoisotopic (exact) mass is 380 g/mol. The smallest absolute Gasteiger partial charge is 0.159 e. The van der Waals surface area contributed by atoms with Crippen LogP contribution in [0.2, 0.25) is 0 Å². The summed E-state index contributed by atoms with van der Waals surface area (Å²) in [5, 5.41) is 0. The molecule has 0 fully saturated rings. The summed E-state index contributed by atoms with van der Waals surface area (Å²) in [6, 6.07) is 8.06. The third-order valence-electron chi connectivity index (χ3n) is 5.25. The van der Waals surface area contributed by atoms with Gasteiger partial charge in [-0.3, -0.25) is 0 Å². The lowest BCUT2D eigenvalue weighted by Crippen LogP contribution is -1.97. The predicted octanol–water partition coefficient (Wildman–Crippen LogP) is 7.03. The number of benzene rings is 1. The second-order valence-electron chi connectivity index (χ2n) is 7.68. The van der Waals surface area contributed by atoms with E-state index in [0.29, 0.717) is 0 Å². The Morgan fingerprint density at radius 3 is 2.43 bits per heavy atom. The summed E-state index contributed by atoms with van der Waals surface area (Å²) in [6.07, 6.45) is 16.7. The fourth-order valence-electron chi connectivity index (χ4n) is 3.12. The minimum Gasteiger partial charge on any atom is -0.494 e. The zero-order valence-corrected chi connectivity index (χ0v) is 17.7. The van der Waals surface area contributed by atoms with Gasteiger partial charge in [0.25, 0.3) is 0 Å². The quantitative estimate of drug-likeness (QED) is 0.261. The minimum absolute atomic E-state index is 0.746. The molecular formula is C25H36N2O. The normalized spacial score (nSPS) is 11.9. The van der Waals surface area contributed by atoms with Crippen LogP contribution in [-0.4, -0.2) is 16.6 Å². The molecule has 1 aromatic heterocycles. The third kappa shape index (κ3) is 8.24. The van der Waals surface area contributed by atoms with Gasteiger partial charge in [0.05, 0.1) is 6.61 Å². The average Bonchev–Trinajstić information content (AvgIpc) is 2.74. The van der Waals surface area contributed by atoms with Gasteiger partial charge in [-0.2, -0.15) is 0 Å². The van der Waals surface area contributed by atoms with Gasteiger partial charge < -0.3 is 4.74 Å². The molecule has 3 nitrogen and oxygen atoms in total. The van der Waals surface area contributed by atoms with Crippen LogP contribution in [0.1, 0.15) is 70.8 Å². The van der Waals surface area contributed by atoms with Gasteiger partial charge in [0, 0.05) is 18.0 Å². The molecule has 28 heavy (non-hydrogen) atoms. The molecule has 1 heterocycles. The van der Waals surface area contributed by atoms with Crippen LogP contribution in [0.15, 0.2) is 49.3 Å². The first kappa shape index (κ1) is 22.1. The molecule has 0 saturated heterocycles. The van der Waals surface area contributed by atoms with Crippen LogP contribution in [0.25, 0.3) is 11.4 Å². The van der Waals surface area contributed by atoms with Crippen molar-refractivity contribution in [3.05, 3.63) is 54.9 Å². The van der Waals surface area contributed by atoms with Crippen LogP contribution in [0.3, 0.4) is 0 Å². The maximum atomic E-state index is 5.77. The van der Waals surface area contributed by atoms with E-state index in [0.717, 1.165) is 55.3 Å². The van der Waals surface area contributed by atoms with E-state index < -0.39 is 0 Å². The van der Waals surface area contributed by atoms with Crippen LogP contribution in [-0.2, 0) is 6.42 Å². The second-order valence-corrected chi connectivity index (χ2v) is 7.68. The fourth-order valence-corrected chi connectivity index (χ4v) is 3.12. The Balaban J connectivity index is 1.74. The van der Waals surface area contributed by atoms with Crippen LogP contribution < -0.4 is 4.74 Å². The van der Waals surface area contributed by atoms with Crippen molar-refractivity contribution in [1.82, 2.24) is 9.97 Å². The Bertz CT molecular complexity index is 664. The summed E-state index contributed by atoms with van der Waals surface area (Å²) >= 11 is 0. The first-order valence-electron chi connectivity index (χ1n) is 10.9. The molecule has 0 N–H and O–H groups in total. The van der Waals surface area contributed by atoms with Gasteiger partial charge in [-0.1, -0.05) is 45.6 Å². The molecule has 1 atom stereocenters. The summed E-state index contributed by atoms with van der Waals surface area (Å²) in [6.45, 7) is 9.10. The molecule has 152 valence electrons. The predicted molar refractivity (Wildman–Crippen MR) is 119 cm³/mol. The van der Waals surface area contributed by atoms with Crippen LogP contribution in [0.4, 0.5) is 0 Å². The van der Waals surface area contributed by atoms with Crippen molar-refractivity contribution >= 4 is 0 Å². The summed E-state index contributed by atoms with van der Waals surface area (Å²) in [4.78, 5) is 9.11. The van der Waals surface area contributed by atoms with E-state index in [2.05, 4.69) is 30.4 Å². The first-order chi connectivity index (χ1) is 13.7. The molecule has 0 saturated carbocycles. The van der Waals surface area contributed by atoms with E-state index in [-0.39, 0.29) is 0 Å². The topological polar surface area (TPSA) is 35.0 Å². The van der Waals surface area contributed by atoms with E-state index in [1.165, 1.54) is 37.7 Å². The van der Waals surface area contributed by atoms with E-state index in [9.17, 15) is 0 Å². The molecule has 1 aromatic carbocycles. The molecule has 0 spiro atoms. The first-order valence-corrected chi connectivity index (χ1v) is 10.9. The Morgan fingerprint density at radius 2 is 1.75 bits per heavy atom. The third-order valence-corrected chi connectivity index (χ3v) is 5.25. The summed E-state index contributed by atoms with van der Waals surface area (Å²) < 4.78 is 5.77. The van der Waals surface area contributed by atoms with Crippen molar-refractivity contribution in [1.29, 1.82) is 0 Å². The van der Waals surface area contributed by atoms with Gasteiger partial charge in [0.15, 0.2) is 5.82 Å². The second kappa shape index (κ2) is 13.1. The number of hydrogen-bond acceptors (Lipinski definition) is 3. The highest BCUT2D eigenvalue weighted by Gasteiger charge is 2.03. The van der Waals surface area contributed by atoms with Crippen molar-refractivity contribution in [3.8, 4) is 17.1 Å². The van der Waals surface area contributed by atoms with E-state index in [1.54, 1.807) is 0 Å². The van der Waals surface area contributed by atoms with Gasteiger partial charge >= 0.3 is 0 Å². The number of allylic oxidation sites excluding steroid dienone is 1. The zero-order chi connectivity index (χ0) is 20.0. The van der Waals surface area contributed by atoms with Gasteiger partial charge in [0.1, 0.15) is 5.75 Å². The van der Waals surface area contributed by atoms with E-state index in [4.69, 9.17) is 4.74 Å². The molecule has 0 radical (unpaired) electrons. The Hall–Kier alpha value is -2.16. The molecule has 0 amide bonds. The maximum Gasteiger partial charge on any atom is 0.159 e. The SMILES string of the molecule is C=CCCCCOc1ccc(-c2ncc(CCCCC[C@@H](C)CC)cn2)cc1. The number of ether oxygens (including phenoxy) is 1. The maximum absolute atomic E-state index is 5.77. The van der Waals surface area contributed by atoms with Crippen LogP contribution >= 0.6 is 0 Å². The van der Waals surface area contributed by atoms with Crippen molar-refractivity contribution in [3.63, 3.8) is 0 Å². The molecule has 3 heteroatoms. The number of hydrogen-bond donors (Lipinski definition) is 0. The van der Waals surface area contributed by atoms with Crippen LogP contribution in [0.5, 0.6) is 5.75 Å². The lowest BCUT2D eigenvalue weighted by atomic mass is 10.00. The van der Waals surface area contributed by atoms with E-state index in [1.807, 2.05) is 42.7 Å². The van der Waals surface area contributed by atoms with Gasteiger partial charge in [-0.25, -0.2) is 9.97 Å². The minimum atomic E-state index is 0.746. The number of rotatable bonds is 14. The highest BCUT2D eigenvalue weighted by Crippen LogP contribution is 2.20. The van der Waals surface area contributed by atoms with Crippen molar-refractivity contribution in [2.75, 3.05) is 6.61 Å². The number of unbranched alkanes of at least 4 members (excludes halogenated alkanes) is 4. The molecule has 0 aliphatic heterocycles. The molecule has 2 aromatic rings. The lowest BCUT2D eigenvalue weighted by molar-refractivity contribution is 0.307. The van der Waals surface area contributed by atoms with Gasteiger partial charge in [-0.05, 0) is 67.9 Å². The van der Waals surface area contributed by atoms with Crippen molar-refractivity contribution in [2.24, 2.45) is 5.92 Å². The van der Waals surface area contributed by atoms with E-state index >= 15 is 0 Å². The average molecular weight is 381 g/mol. The zero-order valence-electron chi connectivity index (χ0n) is 17.7. The number of aryl methyl sites for hydroxylation is 1. The molecular weight excluding hydrogens is 344 g/mol. The van der Waals surface area contributed by atoms with Crippen molar-refractivity contribution < 1.29 is 4.74 Å². The fraction of sp³-hybridized carbons (Fsp3) is 0.520. The molecule has 0 bridgehead atoms. The molecule has 0 aliphatic rings. The summed E-state index contributed by atoms with van der Waals surface area (Å²) in [7, 11) is 0. The number of aromatic nitrogens is 2. The summed E-state index contributed by atoms with van der Waals surface area (Å²) in [5.74, 6) is 2.53. The molecule has 0 aliphatic carbocycles. The molecule has 0 unspecified atom stereocenters. The van der Waals surface area contributed by atoms with Crippen molar-refractivity contribution in [2.45, 2.75) is 71.6 Å². The van der Waals surface area contributed by atoms with Gasteiger partial charge in [0.2, 0.25) is 0 Å². The largest absolute Gasteiger partial charge is 0.494 e. The summed E-state index contributed by atoms with van der Waals surface area (Å²) in [5.41, 5.74) is 2.26. The van der Waals surface area contributed by atoms with Crippen LogP contribution in [0, 0.1) is 5.92 Å².